The van der Waals surface area contributed by atoms with Gasteiger partial charge >= 0.3 is 0 Å². The highest BCUT2D eigenvalue weighted by Crippen LogP contribution is 2.42. The first-order chi connectivity index (χ1) is 28.9. The molecule has 0 saturated heterocycles. The predicted molar refractivity (Wildman–Crippen MR) is 205 cm³/mol. The summed E-state index contributed by atoms with van der Waals surface area (Å²) in [5.41, 5.74) is 5.76. The Morgan fingerprint density at radius 2 is 0.940 bits per heavy atom. The highest BCUT2D eigenvalue weighted by atomic mass is 15.0. The first kappa shape index (κ1) is 19.2. The highest BCUT2D eigenvalue weighted by molar-refractivity contribution is 6.26. The van der Waals surface area contributed by atoms with Gasteiger partial charge in [0.15, 0.2) is 17.5 Å². The van der Waals surface area contributed by atoms with E-state index < -0.39 is 60.4 Å². The molecular formula is C45H27N5. The molecule has 0 amide bonds. The van der Waals surface area contributed by atoms with Crippen LogP contribution in [0.1, 0.15) is 13.7 Å². The molecule has 0 atom stereocenters. The van der Waals surface area contributed by atoms with E-state index in [2.05, 4.69) is 90.6 Å². The van der Waals surface area contributed by atoms with Crippen LogP contribution in [0.4, 0.5) is 0 Å². The van der Waals surface area contributed by atoms with Crippen molar-refractivity contribution in [2.75, 3.05) is 0 Å². The zero-order valence-corrected chi connectivity index (χ0v) is 26.1. The summed E-state index contributed by atoms with van der Waals surface area (Å²) in [5.74, 6) is -0.642. The van der Waals surface area contributed by atoms with E-state index >= 15 is 0 Å². The van der Waals surface area contributed by atoms with Gasteiger partial charge in [-0.15, -0.1) is 0 Å². The summed E-state index contributed by atoms with van der Waals surface area (Å²) in [6, 6.07) is 29.0. The molecule has 11 aromatic rings. The van der Waals surface area contributed by atoms with Crippen LogP contribution in [0, 0.1) is 0 Å². The van der Waals surface area contributed by atoms with Gasteiger partial charge in [-0.25, -0.2) is 15.0 Å². The minimum atomic E-state index is -0.603. The molecule has 232 valence electrons. The Hall–Kier alpha value is -6.85. The normalized spacial score (nSPS) is 14.8. The Labute approximate surface area is 300 Å². The van der Waals surface area contributed by atoms with Crippen LogP contribution >= 0.6 is 0 Å². The molecule has 7 aromatic carbocycles. The summed E-state index contributed by atoms with van der Waals surface area (Å²) in [5, 5.41) is 6.76. The van der Waals surface area contributed by atoms with Gasteiger partial charge in [-0.1, -0.05) is 127 Å². The summed E-state index contributed by atoms with van der Waals surface area (Å²) in [4.78, 5) is 13.8. The number of hydrogen-bond donors (Lipinski definition) is 0. The fraction of sp³-hybridized carbons (Fsp3) is 0. The van der Waals surface area contributed by atoms with Crippen LogP contribution in [-0.4, -0.2) is 23.9 Å². The van der Waals surface area contributed by atoms with Gasteiger partial charge in [0.1, 0.15) is 0 Å². The van der Waals surface area contributed by atoms with E-state index in [-0.39, 0.29) is 28.6 Å². The van der Waals surface area contributed by atoms with E-state index in [1.807, 2.05) is 30.3 Å². The van der Waals surface area contributed by atoms with Crippen LogP contribution in [0.3, 0.4) is 0 Å². The lowest BCUT2D eigenvalue weighted by molar-refractivity contribution is 1.07. The van der Waals surface area contributed by atoms with E-state index in [9.17, 15) is 0 Å². The number of benzene rings is 7. The van der Waals surface area contributed by atoms with Gasteiger partial charge in [-0.05, 0) is 36.4 Å². The number of hydrogen-bond acceptors (Lipinski definition) is 3. The number of nitrogens with zero attached hydrogens (tertiary/aromatic N) is 5. The van der Waals surface area contributed by atoms with Crippen molar-refractivity contribution in [2.45, 2.75) is 0 Å². The lowest BCUT2D eigenvalue weighted by atomic mass is 10.1. The third-order valence-electron chi connectivity index (χ3n) is 9.46. The van der Waals surface area contributed by atoms with E-state index in [1.54, 1.807) is 6.07 Å². The number of para-hydroxylation sites is 3. The van der Waals surface area contributed by atoms with Crippen molar-refractivity contribution in [1.29, 1.82) is 0 Å². The second kappa shape index (κ2) is 10.3. The Bertz CT molecular complexity index is 3540. The fourth-order valence-corrected chi connectivity index (χ4v) is 7.41. The molecule has 4 heterocycles. The Morgan fingerprint density at radius 3 is 1.64 bits per heavy atom. The van der Waals surface area contributed by atoms with Gasteiger partial charge < -0.3 is 8.97 Å². The summed E-state index contributed by atoms with van der Waals surface area (Å²) >= 11 is 0. The molecular weight excluding hydrogens is 611 g/mol. The van der Waals surface area contributed by atoms with Gasteiger partial charge in [0.2, 0.25) is 0 Å². The molecule has 0 fully saturated rings. The maximum Gasteiger partial charge on any atom is 0.164 e. The number of rotatable bonds is 4. The molecule has 0 unspecified atom stereocenters. The molecule has 0 aliphatic heterocycles. The second-order valence-electron chi connectivity index (χ2n) is 12.1. The molecule has 0 N–H and O–H groups in total. The van der Waals surface area contributed by atoms with E-state index in [0.29, 0.717) is 5.56 Å². The molecule has 5 nitrogen and oxygen atoms in total. The molecule has 11 rings (SSSR count). The zero-order valence-electron chi connectivity index (χ0n) is 36.1. The van der Waals surface area contributed by atoms with Crippen LogP contribution < -0.4 is 0 Å². The quantitative estimate of drug-likeness (QED) is 0.191. The monoisotopic (exact) mass is 647 g/mol. The minimum Gasteiger partial charge on any atom is -0.309 e. The van der Waals surface area contributed by atoms with E-state index in [1.165, 1.54) is 21.7 Å². The van der Waals surface area contributed by atoms with Crippen LogP contribution in [-0.2, 0) is 0 Å². The Morgan fingerprint density at radius 1 is 0.400 bits per heavy atom. The second-order valence-corrected chi connectivity index (χ2v) is 12.1. The first-order valence-corrected chi connectivity index (χ1v) is 16.1. The summed E-state index contributed by atoms with van der Waals surface area (Å²) in [6.45, 7) is 0. The fourth-order valence-electron chi connectivity index (χ4n) is 7.41. The first-order valence-electron chi connectivity index (χ1n) is 21.1. The van der Waals surface area contributed by atoms with Gasteiger partial charge in [0.05, 0.1) is 41.3 Å². The topological polar surface area (TPSA) is 48.0 Å². The van der Waals surface area contributed by atoms with Crippen molar-refractivity contribution in [2.24, 2.45) is 0 Å². The average Bonchev–Trinajstić information content (AvgIpc) is 3.90. The molecule has 0 bridgehead atoms. The number of fused-ring (bicyclic) bond motifs is 9. The van der Waals surface area contributed by atoms with Crippen LogP contribution in [0.2, 0.25) is 0 Å². The van der Waals surface area contributed by atoms with Gasteiger partial charge in [-0.3, -0.25) is 0 Å². The zero-order chi connectivity index (χ0) is 41.5. The van der Waals surface area contributed by atoms with Crippen molar-refractivity contribution in [3.05, 3.63) is 164 Å². The molecule has 0 radical (unpaired) electrons. The van der Waals surface area contributed by atoms with Crippen molar-refractivity contribution in [3.8, 4) is 39.9 Å². The lowest BCUT2D eigenvalue weighted by Crippen LogP contribution is -2.01. The number of aromatic nitrogens is 5. The SMILES string of the molecule is [2H]c1c([2H])c([2H])c(-c2nc(-c3cccc(-n4c5ccccc5c5cc6c7cccc8c9ccccc9n(c6cc54)c87)c3)nc(-c3c([2H])c([2H])c([2H])c([2H])c3[2H])n2)c([2H])c1[2H]. The minimum absolute atomic E-state index is 0.00576. The van der Waals surface area contributed by atoms with Gasteiger partial charge in [0, 0.05) is 54.7 Å². The van der Waals surface area contributed by atoms with Gasteiger partial charge in [-0.2, -0.15) is 0 Å². The standard InChI is InChI=1S/C45H27N5/c1-3-13-28(14-4-1)43-46-44(29-15-5-2-6-16-29)48-45(47-43)30-17-11-18-31(25-30)49-38-23-9-8-20-33(38)36-26-37-35-22-12-21-34-32-19-7-10-24-39(32)50(42(34)35)41(37)27-40(36)49/h1-27H/i1D,2D,3D,4D,5D,6D,13D,14D,15D,16D. The van der Waals surface area contributed by atoms with Crippen LogP contribution in [0.25, 0.3) is 99.8 Å². The molecule has 0 aliphatic rings. The van der Waals surface area contributed by atoms with Crippen molar-refractivity contribution >= 4 is 59.9 Å². The average molecular weight is 648 g/mol. The van der Waals surface area contributed by atoms with Crippen molar-refractivity contribution < 1.29 is 13.7 Å². The smallest absolute Gasteiger partial charge is 0.164 e. The largest absolute Gasteiger partial charge is 0.309 e. The summed E-state index contributed by atoms with van der Waals surface area (Å²) in [7, 11) is 0. The Balaban J connectivity index is 1.19. The molecule has 5 heteroatoms. The molecule has 0 aliphatic carbocycles. The van der Waals surface area contributed by atoms with Crippen molar-refractivity contribution in [3.63, 3.8) is 0 Å². The third kappa shape index (κ3) is 3.86. The van der Waals surface area contributed by atoms with Gasteiger partial charge in [0.25, 0.3) is 0 Å². The van der Waals surface area contributed by atoms with Crippen molar-refractivity contribution in [1.82, 2.24) is 23.9 Å². The van der Waals surface area contributed by atoms with E-state index in [4.69, 9.17) is 13.7 Å². The maximum atomic E-state index is 8.71. The maximum absolute atomic E-state index is 8.71. The Kier molecular flexibility index (Phi) is 3.97. The molecule has 0 spiro atoms. The lowest BCUT2D eigenvalue weighted by Gasteiger charge is -2.12. The molecule has 4 aromatic heterocycles. The van der Waals surface area contributed by atoms with Crippen LogP contribution in [0.15, 0.2) is 164 Å². The summed E-state index contributed by atoms with van der Waals surface area (Å²) in [6.07, 6.45) is 0. The van der Waals surface area contributed by atoms with Crippen LogP contribution in [0.5, 0.6) is 0 Å². The summed E-state index contributed by atoms with van der Waals surface area (Å²) < 4.78 is 89.0. The van der Waals surface area contributed by atoms with E-state index in [0.717, 1.165) is 43.9 Å². The third-order valence-corrected chi connectivity index (χ3v) is 9.46. The highest BCUT2D eigenvalue weighted by Gasteiger charge is 2.21. The molecule has 50 heavy (non-hydrogen) atoms. The predicted octanol–water partition coefficient (Wildman–Crippen LogP) is 11.1. The molecule has 0 saturated carbocycles.